The van der Waals surface area contributed by atoms with Crippen LogP contribution < -0.4 is 10.5 Å². The summed E-state index contributed by atoms with van der Waals surface area (Å²) >= 11 is 0. The zero-order chi connectivity index (χ0) is 10.7. The SMILES string of the molecule is COC1CCN(c2cc(=O)[nH]cn2)CC1. The van der Waals surface area contributed by atoms with Crippen LogP contribution in [0.2, 0.25) is 0 Å². The fourth-order valence-electron chi connectivity index (χ4n) is 1.85. The monoisotopic (exact) mass is 209 g/mol. The van der Waals surface area contributed by atoms with E-state index in [4.69, 9.17) is 4.74 Å². The Kier molecular flexibility index (Phi) is 3.01. The summed E-state index contributed by atoms with van der Waals surface area (Å²) in [4.78, 5) is 19.9. The average Bonchev–Trinajstić information content (AvgIpc) is 2.29. The third kappa shape index (κ3) is 2.36. The Bertz CT molecular complexity index is 369. The Balaban J connectivity index is 2.04. The highest BCUT2D eigenvalue weighted by atomic mass is 16.5. The van der Waals surface area contributed by atoms with Gasteiger partial charge < -0.3 is 14.6 Å². The van der Waals surface area contributed by atoms with Gasteiger partial charge in [0.15, 0.2) is 0 Å². The van der Waals surface area contributed by atoms with Crippen LogP contribution in [-0.4, -0.2) is 36.3 Å². The highest BCUT2D eigenvalue weighted by Gasteiger charge is 2.19. The van der Waals surface area contributed by atoms with Crippen molar-refractivity contribution in [1.29, 1.82) is 0 Å². The predicted octanol–water partition coefficient (Wildman–Crippen LogP) is 0.385. The van der Waals surface area contributed by atoms with Crippen molar-refractivity contribution in [3.05, 3.63) is 22.7 Å². The van der Waals surface area contributed by atoms with Crippen molar-refractivity contribution in [2.45, 2.75) is 18.9 Å². The summed E-state index contributed by atoms with van der Waals surface area (Å²) in [5.41, 5.74) is -0.103. The van der Waals surface area contributed by atoms with E-state index in [1.54, 1.807) is 7.11 Å². The molecule has 1 N–H and O–H groups in total. The van der Waals surface area contributed by atoms with Crippen molar-refractivity contribution in [2.24, 2.45) is 0 Å². The van der Waals surface area contributed by atoms with Crippen LogP contribution in [0.3, 0.4) is 0 Å². The fourth-order valence-corrected chi connectivity index (χ4v) is 1.85. The molecule has 5 nitrogen and oxygen atoms in total. The summed E-state index contributed by atoms with van der Waals surface area (Å²) in [6, 6.07) is 1.53. The van der Waals surface area contributed by atoms with Gasteiger partial charge in [0.05, 0.1) is 12.4 Å². The number of anilines is 1. The van der Waals surface area contributed by atoms with Crippen molar-refractivity contribution in [1.82, 2.24) is 9.97 Å². The van der Waals surface area contributed by atoms with Gasteiger partial charge in [-0.3, -0.25) is 4.79 Å². The first-order valence-corrected chi connectivity index (χ1v) is 5.12. The van der Waals surface area contributed by atoms with Crippen LogP contribution in [0.5, 0.6) is 0 Å². The highest BCUT2D eigenvalue weighted by molar-refractivity contribution is 5.36. The zero-order valence-corrected chi connectivity index (χ0v) is 8.77. The second-order valence-corrected chi connectivity index (χ2v) is 3.69. The Morgan fingerprint density at radius 1 is 1.53 bits per heavy atom. The van der Waals surface area contributed by atoms with E-state index in [2.05, 4.69) is 14.9 Å². The minimum atomic E-state index is -0.103. The summed E-state index contributed by atoms with van der Waals surface area (Å²) in [5, 5.41) is 0. The molecule has 1 aliphatic heterocycles. The Hall–Kier alpha value is -1.36. The van der Waals surface area contributed by atoms with E-state index in [9.17, 15) is 4.79 Å². The molecule has 0 unspecified atom stereocenters. The van der Waals surface area contributed by atoms with Crippen LogP contribution in [0.15, 0.2) is 17.2 Å². The maximum Gasteiger partial charge on any atom is 0.252 e. The van der Waals surface area contributed by atoms with Crippen molar-refractivity contribution >= 4 is 5.82 Å². The van der Waals surface area contributed by atoms with Gasteiger partial charge in [0.2, 0.25) is 0 Å². The standard InChI is InChI=1S/C10H15N3O2/c1-15-8-2-4-13(5-3-8)9-6-10(14)12-7-11-9/h6-8H,2-5H2,1H3,(H,11,12,14). The van der Waals surface area contributed by atoms with Crippen molar-refractivity contribution < 1.29 is 4.74 Å². The third-order valence-corrected chi connectivity index (χ3v) is 2.76. The van der Waals surface area contributed by atoms with E-state index >= 15 is 0 Å². The molecule has 0 spiro atoms. The molecule has 2 heterocycles. The van der Waals surface area contributed by atoms with Gasteiger partial charge in [-0.15, -0.1) is 0 Å². The maximum absolute atomic E-state index is 11.1. The molecule has 0 aromatic carbocycles. The third-order valence-electron chi connectivity index (χ3n) is 2.76. The van der Waals surface area contributed by atoms with E-state index in [0.29, 0.717) is 6.10 Å². The number of H-pyrrole nitrogens is 1. The number of nitrogens with zero attached hydrogens (tertiary/aromatic N) is 2. The first kappa shape index (κ1) is 10.2. The fraction of sp³-hybridized carbons (Fsp3) is 0.600. The summed E-state index contributed by atoms with van der Waals surface area (Å²) < 4.78 is 5.28. The first-order valence-electron chi connectivity index (χ1n) is 5.12. The van der Waals surface area contributed by atoms with Crippen LogP contribution in [0.4, 0.5) is 5.82 Å². The van der Waals surface area contributed by atoms with Gasteiger partial charge in [-0.1, -0.05) is 0 Å². The number of piperidine rings is 1. The number of rotatable bonds is 2. The van der Waals surface area contributed by atoms with Gasteiger partial charge in [0, 0.05) is 26.3 Å². The highest BCUT2D eigenvalue weighted by Crippen LogP contribution is 2.17. The average molecular weight is 209 g/mol. The molecule has 82 valence electrons. The van der Waals surface area contributed by atoms with Crippen molar-refractivity contribution in [3.63, 3.8) is 0 Å². The molecule has 1 fully saturated rings. The molecule has 15 heavy (non-hydrogen) atoms. The molecule has 0 saturated carbocycles. The van der Waals surface area contributed by atoms with E-state index in [-0.39, 0.29) is 5.56 Å². The minimum absolute atomic E-state index is 0.103. The second-order valence-electron chi connectivity index (χ2n) is 3.69. The van der Waals surface area contributed by atoms with E-state index in [0.717, 1.165) is 31.7 Å². The predicted molar refractivity (Wildman–Crippen MR) is 57.1 cm³/mol. The minimum Gasteiger partial charge on any atom is -0.381 e. The first-order chi connectivity index (χ1) is 7.29. The number of nitrogens with one attached hydrogen (secondary N) is 1. The molecular formula is C10H15N3O2. The molecule has 0 amide bonds. The molecule has 2 rings (SSSR count). The van der Waals surface area contributed by atoms with Gasteiger partial charge in [0.1, 0.15) is 5.82 Å². The summed E-state index contributed by atoms with van der Waals surface area (Å²) in [7, 11) is 1.74. The van der Waals surface area contributed by atoms with Crippen LogP contribution in [0.1, 0.15) is 12.8 Å². The maximum atomic E-state index is 11.1. The normalized spacial score (nSPS) is 18.1. The summed E-state index contributed by atoms with van der Waals surface area (Å²) in [6.45, 7) is 1.80. The van der Waals surface area contributed by atoms with E-state index in [1.807, 2.05) is 0 Å². The van der Waals surface area contributed by atoms with Crippen LogP contribution in [0, 0.1) is 0 Å². The van der Waals surface area contributed by atoms with Crippen LogP contribution in [-0.2, 0) is 4.74 Å². The van der Waals surface area contributed by atoms with Crippen LogP contribution >= 0.6 is 0 Å². The molecule has 1 saturated heterocycles. The molecular weight excluding hydrogens is 194 g/mol. The van der Waals surface area contributed by atoms with E-state index < -0.39 is 0 Å². The lowest BCUT2D eigenvalue weighted by Gasteiger charge is -2.31. The molecule has 5 heteroatoms. The molecule has 1 aliphatic rings. The molecule has 0 aliphatic carbocycles. The lowest BCUT2D eigenvalue weighted by Crippen LogP contribution is -2.37. The summed E-state index contributed by atoms with van der Waals surface area (Å²) in [5.74, 6) is 0.758. The van der Waals surface area contributed by atoms with Gasteiger partial charge >= 0.3 is 0 Å². The number of aromatic nitrogens is 2. The van der Waals surface area contributed by atoms with Gasteiger partial charge in [-0.25, -0.2) is 4.98 Å². The zero-order valence-electron chi connectivity index (χ0n) is 8.77. The summed E-state index contributed by atoms with van der Waals surface area (Å²) in [6.07, 6.45) is 3.78. The van der Waals surface area contributed by atoms with Crippen molar-refractivity contribution in [3.8, 4) is 0 Å². The number of ether oxygens (including phenoxy) is 1. The van der Waals surface area contributed by atoms with Gasteiger partial charge in [-0.05, 0) is 12.8 Å². The second kappa shape index (κ2) is 4.44. The lowest BCUT2D eigenvalue weighted by atomic mass is 10.1. The number of hydrogen-bond donors (Lipinski definition) is 1. The van der Waals surface area contributed by atoms with Crippen LogP contribution in [0.25, 0.3) is 0 Å². The van der Waals surface area contributed by atoms with Crippen molar-refractivity contribution in [2.75, 3.05) is 25.1 Å². The lowest BCUT2D eigenvalue weighted by molar-refractivity contribution is 0.0818. The van der Waals surface area contributed by atoms with Gasteiger partial charge in [0.25, 0.3) is 5.56 Å². The van der Waals surface area contributed by atoms with Gasteiger partial charge in [-0.2, -0.15) is 0 Å². The number of hydrogen-bond acceptors (Lipinski definition) is 4. The Labute approximate surface area is 88.1 Å². The topological polar surface area (TPSA) is 58.2 Å². The number of aromatic amines is 1. The molecule has 1 aromatic rings. The number of methoxy groups -OCH3 is 1. The molecule has 0 radical (unpaired) electrons. The Morgan fingerprint density at radius 2 is 2.27 bits per heavy atom. The van der Waals surface area contributed by atoms with E-state index in [1.165, 1.54) is 12.4 Å². The molecule has 1 aromatic heterocycles. The molecule has 0 bridgehead atoms. The molecule has 0 atom stereocenters. The smallest absolute Gasteiger partial charge is 0.252 e. The Morgan fingerprint density at radius 3 is 2.87 bits per heavy atom. The quantitative estimate of drug-likeness (QED) is 0.765. The largest absolute Gasteiger partial charge is 0.381 e.